The van der Waals surface area contributed by atoms with Crippen molar-refractivity contribution in [3.63, 3.8) is 0 Å². The van der Waals surface area contributed by atoms with Crippen molar-refractivity contribution in [2.45, 2.75) is 19.8 Å². The Labute approximate surface area is 171 Å². The standard InChI is InChI=1S/C21H17N5O4/c1-3-28-21(27)15-12(2)30-20-17(16(15)14-5-4-10-29-14)19-24-18(25-26(19)11-23-20)13-6-8-22-9-7-13/h4-11,16H,3H2,1-2H3/t16-/m1/s1. The van der Waals surface area contributed by atoms with Crippen LogP contribution in [0.5, 0.6) is 5.88 Å². The van der Waals surface area contributed by atoms with Gasteiger partial charge in [-0.3, -0.25) is 4.98 Å². The molecule has 0 aliphatic carbocycles. The Hall–Kier alpha value is -4.01. The number of carbonyl (C=O) groups is 1. The van der Waals surface area contributed by atoms with E-state index in [-0.39, 0.29) is 6.61 Å². The summed E-state index contributed by atoms with van der Waals surface area (Å²) in [5.41, 5.74) is 2.27. The minimum atomic E-state index is -0.589. The number of aromatic nitrogens is 5. The molecule has 4 aromatic heterocycles. The van der Waals surface area contributed by atoms with Crippen LogP contribution in [0.25, 0.3) is 17.0 Å². The molecule has 0 saturated heterocycles. The van der Waals surface area contributed by atoms with E-state index in [0.717, 1.165) is 5.56 Å². The number of ether oxygens (including phenoxy) is 2. The Morgan fingerprint density at radius 3 is 2.83 bits per heavy atom. The van der Waals surface area contributed by atoms with Crippen LogP contribution in [0.3, 0.4) is 0 Å². The molecule has 5 heterocycles. The third-order valence-corrected chi connectivity index (χ3v) is 4.85. The minimum Gasteiger partial charge on any atom is -0.468 e. The Kier molecular flexibility index (Phi) is 4.27. The summed E-state index contributed by atoms with van der Waals surface area (Å²) in [5.74, 6) is 0.766. The van der Waals surface area contributed by atoms with Gasteiger partial charge in [-0.25, -0.2) is 19.3 Å². The van der Waals surface area contributed by atoms with Gasteiger partial charge in [0.05, 0.1) is 29.9 Å². The van der Waals surface area contributed by atoms with E-state index < -0.39 is 11.9 Å². The van der Waals surface area contributed by atoms with Gasteiger partial charge in [-0.1, -0.05) is 0 Å². The van der Waals surface area contributed by atoms with Crippen LogP contribution in [-0.2, 0) is 9.53 Å². The molecule has 0 N–H and O–H groups in total. The van der Waals surface area contributed by atoms with Crippen molar-refractivity contribution in [3.8, 4) is 17.3 Å². The zero-order chi connectivity index (χ0) is 20.7. The maximum absolute atomic E-state index is 12.8. The van der Waals surface area contributed by atoms with Gasteiger partial charge in [0.15, 0.2) is 11.5 Å². The molecule has 1 aliphatic rings. The first kappa shape index (κ1) is 18.0. The first-order valence-electron chi connectivity index (χ1n) is 9.42. The minimum absolute atomic E-state index is 0.243. The lowest BCUT2D eigenvalue weighted by Gasteiger charge is -2.26. The number of esters is 1. The van der Waals surface area contributed by atoms with E-state index >= 15 is 0 Å². The molecule has 9 heteroatoms. The number of allylic oxidation sites excluding steroid dienone is 1. The van der Waals surface area contributed by atoms with Crippen LogP contribution in [0.4, 0.5) is 0 Å². The van der Waals surface area contributed by atoms with E-state index in [2.05, 4.69) is 15.1 Å². The third-order valence-electron chi connectivity index (χ3n) is 4.85. The third kappa shape index (κ3) is 2.83. The number of furan rings is 1. The van der Waals surface area contributed by atoms with Gasteiger partial charge in [-0.15, -0.1) is 5.10 Å². The summed E-state index contributed by atoms with van der Waals surface area (Å²) in [6, 6.07) is 7.21. The van der Waals surface area contributed by atoms with Crippen LogP contribution < -0.4 is 4.74 Å². The number of carbonyl (C=O) groups excluding carboxylic acids is 1. The Morgan fingerprint density at radius 1 is 1.27 bits per heavy atom. The molecule has 5 rings (SSSR count). The lowest BCUT2D eigenvalue weighted by molar-refractivity contribution is -0.139. The van der Waals surface area contributed by atoms with Crippen LogP contribution in [0.15, 0.2) is 65.0 Å². The topological polar surface area (TPSA) is 105 Å². The summed E-state index contributed by atoms with van der Waals surface area (Å²) >= 11 is 0. The zero-order valence-corrected chi connectivity index (χ0v) is 16.3. The number of fused-ring (bicyclic) bond motifs is 3. The fourth-order valence-electron chi connectivity index (χ4n) is 3.57. The van der Waals surface area contributed by atoms with Crippen molar-refractivity contribution >= 4 is 11.6 Å². The van der Waals surface area contributed by atoms with Gasteiger partial charge in [0.25, 0.3) is 0 Å². The lowest BCUT2D eigenvalue weighted by Crippen LogP contribution is -2.24. The van der Waals surface area contributed by atoms with Gasteiger partial charge < -0.3 is 13.9 Å². The van der Waals surface area contributed by atoms with Crippen molar-refractivity contribution < 1.29 is 18.7 Å². The van der Waals surface area contributed by atoms with Gasteiger partial charge >= 0.3 is 5.97 Å². The fraction of sp³-hybridized carbons (Fsp3) is 0.190. The largest absolute Gasteiger partial charge is 0.468 e. The van der Waals surface area contributed by atoms with Crippen molar-refractivity contribution in [3.05, 3.63) is 71.9 Å². The number of hydrogen-bond acceptors (Lipinski definition) is 8. The maximum atomic E-state index is 12.8. The monoisotopic (exact) mass is 403 g/mol. The molecule has 1 atom stereocenters. The predicted molar refractivity (Wildman–Crippen MR) is 105 cm³/mol. The molecule has 0 spiro atoms. The summed E-state index contributed by atoms with van der Waals surface area (Å²) in [6.07, 6.45) is 6.44. The lowest BCUT2D eigenvalue weighted by atomic mass is 9.87. The number of hydrogen-bond donors (Lipinski definition) is 0. The molecule has 4 aromatic rings. The van der Waals surface area contributed by atoms with Crippen molar-refractivity contribution in [1.82, 2.24) is 24.6 Å². The highest BCUT2D eigenvalue weighted by molar-refractivity contribution is 5.93. The second-order valence-corrected chi connectivity index (χ2v) is 6.64. The molecule has 0 amide bonds. The summed E-state index contributed by atoms with van der Waals surface area (Å²) in [6.45, 7) is 3.71. The van der Waals surface area contributed by atoms with Gasteiger partial charge in [-0.2, -0.15) is 0 Å². The highest BCUT2D eigenvalue weighted by Crippen LogP contribution is 2.44. The summed E-state index contributed by atoms with van der Waals surface area (Å²) < 4.78 is 18.4. The average molecular weight is 403 g/mol. The van der Waals surface area contributed by atoms with Crippen molar-refractivity contribution in [2.75, 3.05) is 6.61 Å². The molecule has 1 aliphatic heterocycles. The predicted octanol–water partition coefficient (Wildman–Crippen LogP) is 3.14. The van der Waals surface area contributed by atoms with Crippen LogP contribution in [0.1, 0.15) is 31.1 Å². The van der Waals surface area contributed by atoms with E-state index in [9.17, 15) is 4.79 Å². The quantitative estimate of drug-likeness (QED) is 0.479. The molecule has 150 valence electrons. The average Bonchev–Trinajstić information content (AvgIpc) is 3.43. The second-order valence-electron chi connectivity index (χ2n) is 6.64. The summed E-state index contributed by atoms with van der Waals surface area (Å²) in [4.78, 5) is 26.0. The number of nitrogens with zero attached hydrogens (tertiary/aromatic N) is 5. The van der Waals surface area contributed by atoms with E-state index in [1.165, 1.54) is 6.33 Å². The second kappa shape index (κ2) is 7.11. The van der Waals surface area contributed by atoms with E-state index in [4.69, 9.17) is 18.9 Å². The Bertz CT molecular complexity index is 1260. The highest BCUT2D eigenvalue weighted by atomic mass is 16.5. The Morgan fingerprint density at radius 2 is 2.10 bits per heavy atom. The Balaban J connectivity index is 1.75. The van der Waals surface area contributed by atoms with Crippen molar-refractivity contribution in [1.29, 1.82) is 0 Å². The molecular formula is C21H17N5O4. The first-order valence-corrected chi connectivity index (χ1v) is 9.42. The molecule has 9 nitrogen and oxygen atoms in total. The van der Waals surface area contributed by atoms with Crippen LogP contribution in [0, 0.1) is 0 Å². The van der Waals surface area contributed by atoms with Gasteiger partial charge in [0.1, 0.15) is 17.8 Å². The number of rotatable bonds is 4. The van der Waals surface area contributed by atoms with Crippen LogP contribution in [-0.4, -0.2) is 37.1 Å². The molecule has 0 bridgehead atoms. The van der Waals surface area contributed by atoms with Crippen LogP contribution >= 0.6 is 0 Å². The van der Waals surface area contributed by atoms with Gasteiger partial charge in [0, 0.05) is 18.0 Å². The summed E-state index contributed by atoms with van der Waals surface area (Å²) in [7, 11) is 0. The van der Waals surface area contributed by atoms with E-state index in [1.54, 1.807) is 49.2 Å². The van der Waals surface area contributed by atoms with Gasteiger partial charge in [-0.05, 0) is 38.1 Å². The smallest absolute Gasteiger partial charge is 0.338 e. The number of pyridine rings is 1. The maximum Gasteiger partial charge on any atom is 0.338 e. The fourth-order valence-corrected chi connectivity index (χ4v) is 3.57. The molecule has 0 aromatic carbocycles. The highest BCUT2D eigenvalue weighted by Gasteiger charge is 2.39. The van der Waals surface area contributed by atoms with Crippen LogP contribution in [0.2, 0.25) is 0 Å². The SMILES string of the molecule is CCOC(=O)C1=C(C)Oc2ncn3nc(-c4ccncc4)nc3c2[C@@H]1c1ccco1. The molecule has 0 fully saturated rings. The van der Waals surface area contributed by atoms with Crippen molar-refractivity contribution in [2.24, 2.45) is 0 Å². The first-order chi connectivity index (χ1) is 14.7. The van der Waals surface area contributed by atoms with E-state index in [0.29, 0.717) is 40.0 Å². The molecular weight excluding hydrogens is 386 g/mol. The summed E-state index contributed by atoms with van der Waals surface area (Å²) in [5, 5.41) is 4.53. The zero-order valence-electron chi connectivity index (χ0n) is 16.3. The normalized spacial score (nSPS) is 15.7. The molecule has 30 heavy (non-hydrogen) atoms. The van der Waals surface area contributed by atoms with E-state index in [1.807, 2.05) is 12.1 Å². The van der Waals surface area contributed by atoms with Gasteiger partial charge in [0.2, 0.25) is 5.88 Å². The molecule has 0 saturated carbocycles. The molecule has 0 radical (unpaired) electrons. The molecule has 0 unspecified atom stereocenters.